The Labute approximate surface area is 115 Å². The van der Waals surface area contributed by atoms with Crippen molar-refractivity contribution in [1.29, 1.82) is 0 Å². The van der Waals surface area contributed by atoms with Gasteiger partial charge in [0.25, 0.3) is 0 Å². The summed E-state index contributed by atoms with van der Waals surface area (Å²) < 4.78 is 0. The summed E-state index contributed by atoms with van der Waals surface area (Å²) in [5, 5.41) is 2.33. The topological polar surface area (TPSA) is 41.6 Å². The molecule has 0 radical (unpaired) electrons. The minimum Gasteiger partial charge on any atom is -0.338 e. The predicted molar refractivity (Wildman–Crippen MR) is 83.3 cm³/mol. The van der Waals surface area contributed by atoms with E-state index in [4.69, 9.17) is 0 Å². The highest BCUT2D eigenvalue weighted by Crippen LogP contribution is 2.21. The fourth-order valence-corrected chi connectivity index (χ4v) is 1.58. The Morgan fingerprint density at radius 3 is 2.37 bits per heavy atom. The van der Waals surface area contributed by atoms with Gasteiger partial charge in [0.1, 0.15) is 5.65 Å². The molecule has 3 aromatic rings. The smallest absolute Gasteiger partial charge is 0.138 e. The molecule has 0 aliphatic heterocycles. The van der Waals surface area contributed by atoms with Gasteiger partial charge >= 0.3 is 0 Å². The molecule has 0 amide bonds. The van der Waals surface area contributed by atoms with Gasteiger partial charge in [0.2, 0.25) is 0 Å². The van der Waals surface area contributed by atoms with Crippen LogP contribution in [0.1, 0.15) is 34.6 Å². The van der Waals surface area contributed by atoms with Gasteiger partial charge in [-0.25, -0.2) is 4.98 Å². The fraction of sp³-hybridized carbons (Fsp3) is 0.375. The highest BCUT2D eigenvalue weighted by molar-refractivity contribution is 6.05. The molecular weight excluding hydrogens is 234 g/mol. The Hall–Kier alpha value is -1.90. The van der Waals surface area contributed by atoms with Crippen molar-refractivity contribution in [3.63, 3.8) is 0 Å². The molecule has 0 atom stereocenters. The van der Waals surface area contributed by atoms with Crippen LogP contribution >= 0.6 is 0 Å². The highest BCUT2D eigenvalue weighted by Gasteiger charge is 2.02. The number of hydrogen-bond acceptors (Lipinski definition) is 2. The van der Waals surface area contributed by atoms with Crippen molar-refractivity contribution in [2.24, 2.45) is 5.92 Å². The highest BCUT2D eigenvalue weighted by atomic mass is 14.9. The van der Waals surface area contributed by atoms with Crippen molar-refractivity contribution >= 4 is 21.9 Å². The zero-order chi connectivity index (χ0) is 14.3. The minimum atomic E-state index is 0.833. The van der Waals surface area contributed by atoms with E-state index in [0.717, 1.165) is 22.5 Å². The van der Waals surface area contributed by atoms with E-state index in [1.54, 1.807) is 12.4 Å². The van der Waals surface area contributed by atoms with Gasteiger partial charge in [-0.1, -0.05) is 34.6 Å². The van der Waals surface area contributed by atoms with Crippen LogP contribution in [0.5, 0.6) is 0 Å². The molecule has 3 heterocycles. The second-order valence-electron chi connectivity index (χ2n) is 4.68. The second kappa shape index (κ2) is 7.52. The fourth-order valence-electron chi connectivity index (χ4n) is 1.58. The molecular formula is C16H23N3. The van der Waals surface area contributed by atoms with Crippen LogP contribution in [0, 0.1) is 5.92 Å². The molecule has 0 bridgehead atoms. The molecule has 0 saturated heterocycles. The molecule has 102 valence electrons. The van der Waals surface area contributed by atoms with E-state index in [-0.39, 0.29) is 0 Å². The molecule has 3 heteroatoms. The lowest BCUT2D eigenvalue weighted by molar-refractivity contribution is 0.737. The average Bonchev–Trinajstić information content (AvgIpc) is 2.79. The van der Waals surface area contributed by atoms with Crippen LogP contribution in [0.3, 0.4) is 0 Å². The summed E-state index contributed by atoms with van der Waals surface area (Å²) in [6.45, 7) is 10.5. The van der Waals surface area contributed by atoms with Gasteiger partial charge in [0.15, 0.2) is 0 Å². The zero-order valence-corrected chi connectivity index (χ0v) is 12.4. The summed E-state index contributed by atoms with van der Waals surface area (Å²) in [7, 11) is 0. The number of hydrogen-bond donors (Lipinski definition) is 1. The monoisotopic (exact) mass is 257 g/mol. The maximum absolute atomic E-state index is 4.24. The third-order valence-electron chi connectivity index (χ3n) is 2.17. The summed E-state index contributed by atoms with van der Waals surface area (Å²) in [5.74, 6) is 0.833. The van der Waals surface area contributed by atoms with Gasteiger partial charge in [0.05, 0.1) is 11.7 Å². The van der Waals surface area contributed by atoms with E-state index in [1.165, 1.54) is 5.39 Å². The minimum absolute atomic E-state index is 0.833. The number of fused-ring (bicyclic) bond motifs is 3. The van der Waals surface area contributed by atoms with E-state index in [9.17, 15) is 0 Å². The van der Waals surface area contributed by atoms with Crippen LogP contribution in [0.2, 0.25) is 0 Å². The van der Waals surface area contributed by atoms with Crippen LogP contribution in [0.25, 0.3) is 21.9 Å². The lowest BCUT2D eigenvalue weighted by atomic mass is 10.2. The van der Waals surface area contributed by atoms with E-state index >= 15 is 0 Å². The molecule has 3 aromatic heterocycles. The molecule has 3 nitrogen and oxygen atoms in total. The first-order chi connectivity index (χ1) is 9.18. The van der Waals surface area contributed by atoms with E-state index in [0.29, 0.717) is 0 Å². The molecule has 0 aromatic carbocycles. The molecule has 0 unspecified atom stereocenters. The number of nitrogens with one attached hydrogen (secondary N) is 1. The van der Waals surface area contributed by atoms with Crippen LogP contribution in [0.4, 0.5) is 0 Å². The Bertz CT molecular complexity index is 558. The van der Waals surface area contributed by atoms with Gasteiger partial charge in [-0.15, -0.1) is 0 Å². The standard InChI is InChI=1S/C10H7N3.C4H10.C2H6/c1-2-8-7-3-5-11-6-9(7)13-10(8)12-4-1;1-4(2)3;1-2/h1-6H,(H,12,13);4H,1-3H3;1-2H3. The molecule has 0 aliphatic rings. The zero-order valence-electron chi connectivity index (χ0n) is 12.4. The molecule has 0 fully saturated rings. The average molecular weight is 257 g/mol. The molecule has 19 heavy (non-hydrogen) atoms. The predicted octanol–water partition coefficient (Wildman–Crippen LogP) is 4.80. The summed E-state index contributed by atoms with van der Waals surface area (Å²) in [5.41, 5.74) is 1.96. The van der Waals surface area contributed by atoms with Crippen molar-refractivity contribution < 1.29 is 0 Å². The Morgan fingerprint density at radius 1 is 1.00 bits per heavy atom. The second-order valence-corrected chi connectivity index (χ2v) is 4.68. The number of nitrogens with zero attached hydrogens (tertiary/aromatic N) is 2. The van der Waals surface area contributed by atoms with Crippen LogP contribution in [0.15, 0.2) is 36.8 Å². The quantitative estimate of drug-likeness (QED) is 0.628. The summed E-state index contributed by atoms with van der Waals surface area (Å²) in [6, 6.07) is 5.99. The summed E-state index contributed by atoms with van der Waals surface area (Å²) >= 11 is 0. The van der Waals surface area contributed by atoms with Gasteiger partial charge in [-0.2, -0.15) is 0 Å². The molecule has 0 saturated carbocycles. The Balaban J connectivity index is 0.000000262. The summed E-state index contributed by atoms with van der Waals surface area (Å²) in [4.78, 5) is 11.5. The largest absolute Gasteiger partial charge is 0.338 e. The van der Waals surface area contributed by atoms with Gasteiger partial charge < -0.3 is 4.98 Å². The normalized spacial score (nSPS) is 9.79. The Morgan fingerprint density at radius 2 is 1.68 bits per heavy atom. The number of aromatic nitrogens is 3. The molecule has 1 N–H and O–H groups in total. The van der Waals surface area contributed by atoms with Crippen LogP contribution in [-0.2, 0) is 0 Å². The summed E-state index contributed by atoms with van der Waals surface area (Å²) in [6.07, 6.45) is 5.39. The number of H-pyrrole nitrogens is 1. The van der Waals surface area contributed by atoms with E-state index < -0.39 is 0 Å². The maximum atomic E-state index is 4.24. The van der Waals surface area contributed by atoms with Crippen molar-refractivity contribution in [3.05, 3.63) is 36.8 Å². The number of aromatic amines is 1. The van der Waals surface area contributed by atoms with E-state index in [1.807, 2.05) is 32.2 Å². The van der Waals surface area contributed by atoms with Crippen molar-refractivity contribution in [2.45, 2.75) is 34.6 Å². The first-order valence-electron chi connectivity index (χ1n) is 6.85. The van der Waals surface area contributed by atoms with Crippen molar-refractivity contribution in [1.82, 2.24) is 15.0 Å². The first kappa shape index (κ1) is 15.2. The molecule has 0 aliphatic carbocycles. The lowest BCUT2D eigenvalue weighted by Gasteiger charge is -1.86. The molecule has 3 rings (SSSR count). The Kier molecular flexibility index (Phi) is 6.00. The lowest BCUT2D eigenvalue weighted by Crippen LogP contribution is -1.71. The van der Waals surface area contributed by atoms with E-state index in [2.05, 4.69) is 41.8 Å². The van der Waals surface area contributed by atoms with Crippen LogP contribution < -0.4 is 0 Å². The maximum Gasteiger partial charge on any atom is 0.138 e. The van der Waals surface area contributed by atoms with Gasteiger partial charge in [-0.3, -0.25) is 4.98 Å². The van der Waals surface area contributed by atoms with Crippen molar-refractivity contribution in [2.75, 3.05) is 0 Å². The third kappa shape index (κ3) is 4.05. The van der Waals surface area contributed by atoms with Gasteiger partial charge in [-0.05, 0) is 24.1 Å². The SMILES string of the molecule is CC.CC(C)C.c1cnc2[nH]c3cnccc3c2c1. The first-order valence-corrected chi connectivity index (χ1v) is 6.85. The number of rotatable bonds is 0. The van der Waals surface area contributed by atoms with Gasteiger partial charge in [0, 0.05) is 23.2 Å². The van der Waals surface area contributed by atoms with Crippen LogP contribution in [-0.4, -0.2) is 15.0 Å². The number of pyridine rings is 2. The molecule has 0 spiro atoms. The van der Waals surface area contributed by atoms with Crippen molar-refractivity contribution in [3.8, 4) is 0 Å². The third-order valence-corrected chi connectivity index (χ3v) is 2.17.